The Morgan fingerprint density at radius 2 is 2.11 bits per heavy atom. The van der Waals surface area contributed by atoms with Gasteiger partial charge in [-0.25, -0.2) is 4.98 Å². The number of nitrogens with two attached hydrogens (primary N) is 1. The number of nitrogens with one attached hydrogen (secondary N) is 1. The molecule has 18 heavy (non-hydrogen) atoms. The van der Waals surface area contributed by atoms with Crippen LogP contribution < -0.4 is 11.1 Å². The Labute approximate surface area is 111 Å². The maximum absolute atomic E-state index is 5.93. The largest absolute Gasteiger partial charge is 0.383 e. The second kappa shape index (κ2) is 6.01. The summed E-state index contributed by atoms with van der Waals surface area (Å²) in [6.45, 7) is 11.7. The highest BCUT2D eigenvalue weighted by Gasteiger charge is 2.08. The molecule has 3 heteroatoms. The fourth-order valence-electron chi connectivity index (χ4n) is 1.93. The Balaban J connectivity index is 2.67. The molecular weight excluding hydrogens is 222 g/mol. The molecule has 0 saturated carbocycles. The molecule has 0 amide bonds. The molecule has 0 fully saturated rings. The number of nitrogen functional groups attached to an aromatic ring is 1. The summed E-state index contributed by atoms with van der Waals surface area (Å²) in [5.41, 5.74) is 9.56. The molecule has 0 spiro atoms. The number of rotatable bonds is 4. The summed E-state index contributed by atoms with van der Waals surface area (Å²) in [6, 6.07) is 2.00. The molecule has 0 bridgehead atoms. The van der Waals surface area contributed by atoms with E-state index < -0.39 is 0 Å². The average molecular weight is 247 g/mol. The molecule has 1 heterocycles. The van der Waals surface area contributed by atoms with Crippen molar-refractivity contribution in [1.82, 2.24) is 10.3 Å². The van der Waals surface area contributed by atoms with Crippen LogP contribution in [-0.2, 0) is 0 Å². The number of anilines is 1. The summed E-state index contributed by atoms with van der Waals surface area (Å²) in [7, 11) is 0. The van der Waals surface area contributed by atoms with E-state index in [1.165, 1.54) is 11.1 Å². The molecule has 0 radical (unpaired) electrons. The Morgan fingerprint density at radius 1 is 1.44 bits per heavy atom. The van der Waals surface area contributed by atoms with Crippen LogP contribution in [-0.4, -0.2) is 17.1 Å². The monoisotopic (exact) mass is 247 g/mol. The SMILES string of the molecule is CC(=CCCNC(C)(C)C)c1c(C)ccnc1N. The zero-order chi connectivity index (χ0) is 13.8. The first-order chi connectivity index (χ1) is 8.31. The Morgan fingerprint density at radius 3 is 2.67 bits per heavy atom. The van der Waals surface area contributed by atoms with Crippen LogP contribution in [0.4, 0.5) is 5.82 Å². The lowest BCUT2D eigenvalue weighted by atomic mass is 10.0. The van der Waals surface area contributed by atoms with Gasteiger partial charge >= 0.3 is 0 Å². The van der Waals surface area contributed by atoms with Crippen molar-refractivity contribution in [1.29, 1.82) is 0 Å². The van der Waals surface area contributed by atoms with Crippen molar-refractivity contribution >= 4 is 11.4 Å². The molecule has 1 aromatic heterocycles. The van der Waals surface area contributed by atoms with Crippen LogP contribution in [0.15, 0.2) is 18.3 Å². The first-order valence-corrected chi connectivity index (χ1v) is 6.44. The molecule has 0 unspecified atom stereocenters. The maximum Gasteiger partial charge on any atom is 0.131 e. The van der Waals surface area contributed by atoms with Crippen LogP contribution in [0.1, 0.15) is 45.2 Å². The van der Waals surface area contributed by atoms with E-state index in [0.29, 0.717) is 5.82 Å². The third-order valence-electron chi connectivity index (χ3n) is 2.83. The van der Waals surface area contributed by atoms with Gasteiger partial charge in [-0.05, 0) is 64.8 Å². The number of hydrogen-bond acceptors (Lipinski definition) is 3. The lowest BCUT2D eigenvalue weighted by molar-refractivity contribution is 0.431. The van der Waals surface area contributed by atoms with Gasteiger partial charge in [0.05, 0.1) is 0 Å². The van der Waals surface area contributed by atoms with Gasteiger partial charge in [-0.2, -0.15) is 0 Å². The number of aryl methyl sites for hydroxylation is 1. The molecule has 1 rings (SSSR count). The third kappa shape index (κ3) is 4.49. The number of hydrogen-bond donors (Lipinski definition) is 2. The predicted octanol–water partition coefficient (Wildman–Crippen LogP) is 3.15. The normalized spacial score (nSPS) is 12.8. The van der Waals surface area contributed by atoms with E-state index in [0.717, 1.165) is 18.5 Å². The highest BCUT2D eigenvalue weighted by atomic mass is 14.9. The smallest absolute Gasteiger partial charge is 0.131 e. The summed E-state index contributed by atoms with van der Waals surface area (Å²) in [5, 5.41) is 3.47. The van der Waals surface area contributed by atoms with Crippen molar-refractivity contribution in [2.45, 2.75) is 46.6 Å². The van der Waals surface area contributed by atoms with E-state index in [4.69, 9.17) is 5.73 Å². The molecule has 3 N–H and O–H groups in total. The number of aromatic nitrogens is 1. The molecule has 0 aliphatic rings. The first kappa shape index (κ1) is 14.7. The molecule has 0 aromatic carbocycles. The van der Waals surface area contributed by atoms with Crippen LogP contribution >= 0.6 is 0 Å². The fraction of sp³-hybridized carbons (Fsp3) is 0.533. The number of pyridine rings is 1. The Bertz CT molecular complexity index is 408. The maximum atomic E-state index is 5.93. The molecule has 0 saturated heterocycles. The molecule has 0 atom stereocenters. The van der Waals surface area contributed by atoms with Crippen LogP contribution in [0, 0.1) is 6.92 Å². The van der Waals surface area contributed by atoms with E-state index in [2.05, 4.69) is 51.0 Å². The van der Waals surface area contributed by atoms with Crippen LogP contribution in [0.2, 0.25) is 0 Å². The van der Waals surface area contributed by atoms with Gasteiger partial charge in [0.15, 0.2) is 0 Å². The summed E-state index contributed by atoms with van der Waals surface area (Å²) >= 11 is 0. The van der Waals surface area contributed by atoms with Crippen molar-refractivity contribution in [3.8, 4) is 0 Å². The average Bonchev–Trinajstić information content (AvgIpc) is 2.23. The van der Waals surface area contributed by atoms with Gasteiger partial charge in [0, 0.05) is 17.3 Å². The van der Waals surface area contributed by atoms with Gasteiger partial charge in [0.25, 0.3) is 0 Å². The van der Waals surface area contributed by atoms with Crippen LogP contribution in [0.3, 0.4) is 0 Å². The quantitative estimate of drug-likeness (QED) is 0.804. The summed E-state index contributed by atoms with van der Waals surface area (Å²) in [5.74, 6) is 0.618. The van der Waals surface area contributed by atoms with Crippen molar-refractivity contribution in [2.24, 2.45) is 0 Å². The van der Waals surface area contributed by atoms with Gasteiger partial charge in [-0.1, -0.05) is 6.08 Å². The standard InChI is InChI=1S/C15H25N3/c1-11(7-6-9-18-15(3,4)5)13-12(2)8-10-17-14(13)16/h7-8,10,18H,6,9H2,1-5H3,(H2,16,17). The van der Waals surface area contributed by atoms with Gasteiger partial charge in [-0.15, -0.1) is 0 Å². The zero-order valence-corrected chi connectivity index (χ0v) is 12.2. The molecule has 100 valence electrons. The van der Waals surface area contributed by atoms with E-state index in [9.17, 15) is 0 Å². The third-order valence-corrected chi connectivity index (χ3v) is 2.83. The van der Waals surface area contributed by atoms with Crippen LogP contribution in [0.5, 0.6) is 0 Å². The zero-order valence-electron chi connectivity index (χ0n) is 12.2. The second-order valence-electron chi connectivity index (χ2n) is 5.74. The Kier molecular flexibility index (Phi) is 4.91. The highest BCUT2D eigenvalue weighted by molar-refractivity contribution is 5.73. The van der Waals surface area contributed by atoms with Gasteiger partial charge in [-0.3, -0.25) is 0 Å². The molecular formula is C15H25N3. The van der Waals surface area contributed by atoms with E-state index in [1.54, 1.807) is 6.20 Å². The predicted molar refractivity (Wildman–Crippen MR) is 79.4 cm³/mol. The molecule has 0 aliphatic heterocycles. The minimum atomic E-state index is 0.172. The van der Waals surface area contributed by atoms with E-state index in [-0.39, 0.29) is 5.54 Å². The van der Waals surface area contributed by atoms with Crippen molar-refractivity contribution in [2.75, 3.05) is 12.3 Å². The fourth-order valence-corrected chi connectivity index (χ4v) is 1.93. The molecule has 3 nitrogen and oxygen atoms in total. The van der Waals surface area contributed by atoms with Gasteiger partial charge in [0.2, 0.25) is 0 Å². The lowest BCUT2D eigenvalue weighted by Crippen LogP contribution is -2.36. The van der Waals surface area contributed by atoms with Crippen molar-refractivity contribution in [3.63, 3.8) is 0 Å². The Hall–Kier alpha value is -1.35. The number of nitrogens with zero attached hydrogens (tertiary/aromatic N) is 1. The second-order valence-corrected chi connectivity index (χ2v) is 5.74. The van der Waals surface area contributed by atoms with Crippen LogP contribution in [0.25, 0.3) is 5.57 Å². The molecule has 1 aromatic rings. The number of allylic oxidation sites excluding steroid dienone is 1. The minimum absolute atomic E-state index is 0.172. The van der Waals surface area contributed by atoms with Crippen molar-refractivity contribution in [3.05, 3.63) is 29.5 Å². The highest BCUT2D eigenvalue weighted by Crippen LogP contribution is 2.23. The van der Waals surface area contributed by atoms with E-state index in [1.807, 2.05) is 6.07 Å². The lowest BCUT2D eigenvalue weighted by Gasteiger charge is -2.20. The minimum Gasteiger partial charge on any atom is -0.383 e. The van der Waals surface area contributed by atoms with E-state index >= 15 is 0 Å². The summed E-state index contributed by atoms with van der Waals surface area (Å²) in [4.78, 5) is 4.15. The van der Waals surface area contributed by atoms with Gasteiger partial charge in [0.1, 0.15) is 5.82 Å². The topological polar surface area (TPSA) is 50.9 Å². The molecule has 0 aliphatic carbocycles. The summed E-state index contributed by atoms with van der Waals surface area (Å²) < 4.78 is 0. The first-order valence-electron chi connectivity index (χ1n) is 6.44. The van der Waals surface area contributed by atoms with Crippen molar-refractivity contribution < 1.29 is 0 Å². The van der Waals surface area contributed by atoms with Gasteiger partial charge < -0.3 is 11.1 Å². The summed E-state index contributed by atoms with van der Waals surface area (Å²) in [6.07, 6.45) is 4.97.